The largest absolute Gasteiger partial charge is 0.356 e. The van der Waals surface area contributed by atoms with Gasteiger partial charge in [0.05, 0.1) is 0 Å². The summed E-state index contributed by atoms with van der Waals surface area (Å²) >= 11 is 0. The van der Waals surface area contributed by atoms with Crippen molar-refractivity contribution in [1.82, 2.24) is 4.98 Å². The van der Waals surface area contributed by atoms with Crippen LogP contribution in [0.2, 0.25) is 0 Å². The first kappa shape index (κ1) is 16.3. The predicted octanol–water partition coefficient (Wildman–Crippen LogP) is 3.54. The fraction of sp³-hybridized carbons (Fsp3) is 0.722. The predicted molar refractivity (Wildman–Crippen MR) is 90.7 cm³/mol. The molecule has 0 radical (unpaired) electrons. The van der Waals surface area contributed by atoms with Crippen LogP contribution < -0.4 is 10.6 Å². The summed E-state index contributed by atoms with van der Waals surface area (Å²) < 4.78 is 0. The minimum absolute atomic E-state index is 0.420. The molecule has 3 nitrogen and oxygen atoms in total. The van der Waals surface area contributed by atoms with Crippen molar-refractivity contribution in [2.24, 2.45) is 17.1 Å². The van der Waals surface area contributed by atoms with Gasteiger partial charge in [0, 0.05) is 19.3 Å². The SMILES string of the molecule is Cc1cc(CCN)cnc1N1CCCC(C(C)(C)C)CC1. The Hall–Kier alpha value is -1.09. The van der Waals surface area contributed by atoms with Crippen molar-refractivity contribution in [2.75, 3.05) is 24.5 Å². The van der Waals surface area contributed by atoms with Crippen LogP contribution in [0.1, 0.15) is 51.2 Å². The average molecular weight is 289 g/mol. The Labute approximate surface area is 129 Å². The van der Waals surface area contributed by atoms with E-state index < -0.39 is 0 Å². The molecule has 118 valence electrons. The maximum atomic E-state index is 5.63. The second kappa shape index (κ2) is 6.78. The highest BCUT2D eigenvalue weighted by Crippen LogP contribution is 2.35. The third-order valence-electron chi connectivity index (χ3n) is 4.79. The van der Waals surface area contributed by atoms with Crippen LogP contribution >= 0.6 is 0 Å². The van der Waals surface area contributed by atoms with Crippen LogP contribution in [0.5, 0.6) is 0 Å². The maximum Gasteiger partial charge on any atom is 0.131 e. The third kappa shape index (κ3) is 4.19. The molecule has 21 heavy (non-hydrogen) atoms. The molecule has 0 spiro atoms. The number of aryl methyl sites for hydroxylation is 1. The van der Waals surface area contributed by atoms with Crippen LogP contribution in [-0.4, -0.2) is 24.6 Å². The molecule has 1 saturated heterocycles. The van der Waals surface area contributed by atoms with Gasteiger partial charge in [0.1, 0.15) is 5.82 Å². The minimum atomic E-state index is 0.420. The molecule has 3 heteroatoms. The molecule has 1 aliphatic heterocycles. The fourth-order valence-electron chi connectivity index (χ4n) is 3.43. The lowest BCUT2D eigenvalue weighted by Crippen LogP contribution is -2.27. The zero-order valence-corrected chi connectivity index (χ0v) is 14.2. The molecule has 1 aromatic heterocycles. The van der Waals surface area contributed by atoms with E-state index in [2.05, 4.69) is 38.7 Å². The van der Waals surface area contributed by atoms with Gasteiger partial charge >= 0.3 is 0 Å². The van der Waals surface area contributed by atoms with Crippen LogP contribution in [-0.2, 0) is 6.42 Å². The van der Waals surface area contributed by atoms with Gasteiger partial charge in [-0.2, -0.15) is 0 Å². The monoisotopic (exact) mass is 289 g/mol. The van der Waals surface area contributed by atoms with Gasteiger partial charge in [0.25, 0.3) is 0 Å². The van der Waals surface area contributed by atoms with Gasteiger partial charge in [-0.15, -0.1) is 0 Å². The number of rotatable bonds is 3. The zero-order valence-electron chi connectivity index (χ0n) is 14.2. The summed E-state index contributed by atoms with van der Waals surface area (Å²) in [4.78, 5) is 7.20. The number of hydrogen-bond acceptors (Lipinski definition) is 3. The van der Waals surface area contributed by atoms with E-state index in [-0.39, 0.29) is 0 Å². The highest BCUT2D eigenvalue weighted by Gasteiger charge is 2.27. The van der Waals surface area contributed by atoms with Gasteiger partial charge in [0.2, 0.25) is 0 Å². The first-order chi connectivity index (χ1) is 9.91. The first-order valence-corrected chi connectivity index (χ1v) is 8.32. The van der Waals surface area contributed by atoms with E-state index in [1.54, 1.807) is 0 Å². The average Bonchev–Trinajstić information content (AvgIpc) is 2.64. The van der Waals surface area contributed by atoms with E-state index in [1.165, 1.54) is 36.2 Å². The molecular weight excluding hydrogens is 258 g/mol. The third-order valence-corrected chi connectivity index (χ3v) is 4.79. The molecule has 1 atom stereocenters. The Morgan fingerprint density at radius 2 is 2.05 bits per heavy atom. The van der Waals surface area contributed by atoms with Gasteiger partial charge in [-0.25, -0.2) is 4.98 Å². The topological polar surface area (TPSA) is 42.1 Å². The number of nitrogens with two attached hydrogens (primary N) is 1. The summed E-state index contributed by atoms with van der Waals surface area (Å²) in [6, 6.07) is 2.25. The number of aromatic nitrogens is 1. The lowest BCUT2D eigenvalue weighted by molar-refractivity contribution is 0.220. The molecule has 2 N–H and O–H groups in total. The van der Waals surface area contributed by atoms with Crippen molar-refractivity contribution in [1.29, 1.82) is 0 Å². The molecule has 2 heterocycles. The molecule has 0 aromatic carbocycles. The highest BCUT2D eigenvalue weighted by molar-refractivity contribution is 5.47. The normalized spacial score (nSPS) is 20.4. The van der Waals surface area contributed by atoms with Gasteiger partial charge in [0.15, 0.2) is 0 Å². The van der Waals surface area contributed by atoms with Crippen LogP contribution in [0, 0.1) is 18.3 Å². The van der Waals surface area contributed by atoms with Crippen LogP contribution in [0.15, 0.2) is 12.3 Å². The molecule has 1 aliphatic rings. The van der Waals surface area contributed by atoms with Gasteiger partial charge in [-0.05, 0) is 61.6 Å². The summed E-state index contributed by atoms with van der Waals surface area (Å²) in [6.07, 6.45) is 6.80. The molecular formula is C18H31N3. The molecule has 1 aromatic rings. The van der Waals surface area contributed by atoms with E-state index in [9.17, 15) is 0 Å². The van der Waals surface area contributed by atoms with Gasteiger partial charge in [-0.1, -0.05) is 26.8 Å². The van der Waals surface area contributed by atoms with Crippen LogP contribution in [0.4, 0.5) is 5.82 Å². The zero-order chi connectivity index (χ0) is 15.5. The van der Waals surface area contributed by atoms with E-state index in [0.29, 0.717) is 12.0 Å². The Balaban J connectivity index is 2.09. The first-order valence-electron chi connectivity index (χ1n) is 8.32. The van der Waals surface area contributed by atoms with Gasteiger partial charge in [-0.3, -0.25) is 0 Å². The lowest BCUT2D eigenvalue weighted by Gasteiger charge is -2.30. The second-order valence-electron chi connectivity index (χ2n) is 7.50. The maximum absolute atomic E-state index is 5.63. The molecule has 0 bridgehead atoms. The van der Waals surface area contributed by atoms with Crippen LogP contribution in [0.25, 0.3) is 0 Å². The van der Waals surface area contributed by atoms with Crippen molar-refractivity contribution in [2.45, 2.75) is 53.4 Å². The van der Waals surface area contributed by atoms with E-state index in [1.807, 2.05) is 6.20 Å². The molecule has 1 unspecified atom stereocenters. The van der Waals surface area contributed by atoms with Crippen molar-refractivity contribution in [3.05, 3.63) is 23.4 Å². The lowest BCUT2D eigenvalue weighted by atomic mass is 9.77. The smallest absolute Gasteiger partial charge is 0.131 e. The van der Waals surface area contributed by atoms with Crippen LogP contribution in [0.3, 0.4) is 0 Å². The number of anilines is 1. The minimum Gasteiger partial charge on any atom is -0.356 e. The Kier molecular flexibility index (Phi) is 5.26. The highest BCUT2D eigenvalue weighted by atomic mass is 15.2. The molecule has 0 amide bonds. The van der Waals surface area contributed by atoms with E-state index in [0.717, 1.165) is 25.4 Å². The van der Waals surface area contributed by atoms with Crippen molar-refractivity contribution in [3.8, 4) is 0 Å². The Morgan fingerprint density at radius 1 is 1.29 bits per heavy atom. The summed E-state index contributed by atoms with van der Waals surface area (Å²) in [5.41, 5.74) is 8.59. The number of pyridine rings is 1. The fourth-order valence-corrected chi connectivity index (χ4v) is 3.43. The second-order valence-corrected chi connectivity index (χ2v) is 7.50. The molecule has 2 rings (SSSR count). The van der Waals surface area contributed by atoms with E-state index >= 15 is 0 Å². The number of hydrogen-bond donors (Lipinski definition) is 1. The Bertz CT molecular complexity index is 462. The Morgan fingerprint density at radius 3 is 2.67 bits per heavy atom. The van der Waals surface area contributed by atoms with Crippen molar-refractivity contribution < 1.29 is 0 Å². The number of nitrogens with zero attached hydrogens (tertiary/aromatic N) is 2. The van der Waals surface area contributed by atoms with E-state index in [4.69, 9.17) is 10.7 Å². The summed E-state index contributed by atoms with van der Waals surface area (Å²) in [7, 11) is 0. The molecule has 0 aliphatic carbocycles. The summed E-state index contributed by atoms with van der Waals surface area (Å²) in [5.74, 6) is 1.99. The summed E-state index contributed by atoms with van der Waals surface area (Å²) in [5, 5.41) is 0. The van der Waals surface area contributed by atoms with Gasteiger partial charge < -0.3 is 10.6 Å². The van der Waals surface area contributed by atoms with Crippen molar-refractivity contribution in [3.63, 3.8) is 0 Å². The quantitative estimate of drug-likeness (QED) is 0.925. The molecule has 1 fully saturated rings. The summed E-state index contributed by atoms with van der Waals surface area (Å²) in [6.45, 7) is 12.3. The molecule has 0 saturated carbocycles. The standard InChI is InChI=1S/C18H31N3/c1-14-12-15(7-9-19)13-20-17(14)21-10-5-6-16(8-11-21)18(2,3)4/h12-13,16H,5-11,19H2,1-4H3. The van der Waals surface area contributed by atoms with Crippen molar-refractivity contribution >= 4 is 5.82 Å².